The number of phenols is 1. The van der Waals surface area contributed by atoms with E-state index in [1.807, 2.05) is 18.2 Å². The van der Waals surface area contributed by atoms with E-state index in [-0.39, 0.29) is 18.3 Å². The summed E-state index contributed by atoms with van der Waals surface area (Å²) in [4.78, 5) is 12.4. The molecule has 0 aliphatic carbocycles. The number of aliphatic hydroxyl groups excluding tert-OH is 2. The van der Waals surface area contributed by atoms with Crippen LogP contribution >= 0.6 is 0 Å². The molecule has 0 aliphatic heterocycles. The molecule has 200 valence electrons. The minimum atomic E-state index is -0.700. The summed E-state index contributed by atoms with van der Waals surface area (Å²) in [6, 6.07) is 15.0. The Hall–Kier alpha value is -2.49. The molecule has 7 N–H and O–H groups in total. The Kier molecular flexibility index (Phi) is 14.8. The van der Waals surface area contributed by atoms with Gasteiger partial charge in [-0.25, -0.2) is 0 Å². The summed E-state index contributed by atoms with van der Waals surface area (Å²) in [6.45, 7) is 2.33. The van der Waals surface area contributed by atoms with Crippen molar-refractivity contribution in [3.05, 3.63) is 65.2 Å². The Morgan fingerprint density at radius 2 is 1.78 bits per heavy atom. The summed E-state index contributed by atoms with van der Waals surface area (Å²) in [5.41, 5.74) is 7.84. The van der Waals surface area contributed by atoms with Crippen molar-refractivity contribution in [2.45, 2.75) is 63.8 Å². The number of aromatic hydroxyl groups is 1. The highest BCUT2D eigenvalue weighted by Crippen LogP contribution is 2.22. The number of nitrogens with two attached hydrogens (primary N) is 1. The molecule has 2 aromatic rings. The molecule has 0 bridgehead atoms. The number of aliphatic hydroxyl groups is 2. The van der Waals surface area contributed by atoms with E-state index in [1.165, 1.54) is 11.6 Å². The van der Waals surface area contributed by atoms with E-state index in [0.29, 0.717) is 43.8 Å². The average molecular weight is 502 g/mol. The standard InChI is InChI=1S/C28H43N3O5/c29-15-17-31-28(35)27(12-8-11-22-9-4-3-5-10-22)36-18-7-2-1-6-16-30-20-26(34)23-13-14-25(33)24(19-23)21-32/h3-5,9-10,13-14,19,26-27,30,32-34H,1-2,6-8,11-12,15-18,20-21,29H2,(H,31,35). The molecule has 36 heavy (non-hydrogen) atoms. The quantitative estimate of drug-likeness (QED) is 0.163. The van der Waals surface area contributed by atoms with Crippen molar-refractivity contribution in [3.63, 3.8) is 0 Å². The highest BCUT2D eigenvalue weighted by atomic mass is 16.5. The molecule has 0 radical (unpaired) electrons. The zero-order chi connectivity index (χ0) is 26.0. The lowest BCUT2D eigenvalue weighted by molar-refractivity contribution is -0.133. The van der Waals surface area contributed by atoms with Crippen LogP contribution in [0.2, 0.25) is 0 Å². The molecule has 8 nitrogen and oxygen atoms in total. The fourth-order valence-corrected chi connectivity index (χ4v) is 3.96. The number of benzene rings is 2. The Balaban J connectivity index is 1.58. The maximum absolute atomic E-state index is 12.4. The van der Waals surface area contributed by atoms with Gasteiger partial charge in [0.25, 0.3) is 0 Å². The van der Waals surface area contributed by atoms with Crippen LogP contribution in [0.5, 0.6) is 5.75 Å². The second-order valence-electron chi connectivity index (χ2n) is 9.00. The number of nitrogens with one attached hydrogen (secondary N) is 2. The van der Waals surface area contributed by atoms with E-state index in [9.17, 15) is 20.1 Å². The number of hydrogen-bond acceptors (Lipinski definition) is 7. The molecule has 2 rings (SSSR count). The molecule has 0 saturated heterocycles. The Bertz CT molecular complexity index is 866. The van der Waals surface area contributed by atoms with E-state index in [4.69, 9.17) is 10.5 Å². The Morgan fingerprint density at radius 3 is 2.53 bits per heavy atom. The number of ether oxygens (including phenoxy) is 1. The van der Waals surface area contributed by atoms with Gasteiger partial charge in [0, 0.05) is 31.8 Å². The number of carbonyl (C=O) groups is 1. The van der Waals surface area contributed by atoms with Gasteiger partial charge >= 0.3 is 0 Å². The van der Waals surface area contributed by atoms with Crippen molar-refractivity contribution < 1.29 is 24.9 Å². The van der Waals surface area contributed by atoms with Gasteiger partial charge in [-0.15, -0.1) is 0 Å². The van der Waals surface area contributed by atoms with Gasteiger partial charge in [-0.1, -0.05) is 49.2 Å². The lowest BCUT2D eigenvalue weighted by Crippen LogP contribution is -2.39. The number of amides is 1. The van der Waals surface area contributed by atoms with E-state index >= 15 is 0 Å². The summed E-state index contributed by atoms with van der Waals surface area (Å²) in [6.07, 6.45) is 5.22. The lowest BCUT2D eigenvalue weighted by Gasteiger charge is -2.18. The maximum Gasteiger partial charge on any atom is 0.249 e. The van der Waals surface area contributed by atoms with Gasteiger partial charge in [0.1, 0.15) is 11.9 Å². The average Bonchev–Trinajstić information content (AvgIpc) is 2.90. The first-order chi connectivity index (χ1) is 17.5. The van der Waals surface area contributed by atoms with E-state index in [0.717, 1.165) is 45.1 Å². The molecule has 1 amide bonds. The van der Waals surface area contributed by atoms with Crippen LogP contribution in [0, 0.1) is 0 Å². The van der Waals surface area contributed by atoms with Crippen LogP contribution < -0.4 is 16.4 Å². The minimum Gasteiger partial charge on any atom is -0.508 e. The van der Waals surface area contributed by atoms with Crippen LogP contribution in [0.3, 0.4) is 0 Å². The largest absolute Gasteiger partial charge is 0.508 e. The minimum absolute atomic E-state index is 0.0279. The van der Waals surface area contributed by atoms with Gasteiger partial charge in [0.2, 0.25) is 5.91 Å². The third-order valence-electron chi connectivity index (χ3n) is 6.07. The molecule has 0 aliphatic rings. The molecule has 8 heteroatoms. The lowest BCUT2D eigenvalue weighted by atomic mass is 10.1. The second kappa shape index (κ2) is 17.9. The normalized spacial score (nSPS) is 12.9. The number of rotatable bonds is 19. The Labute approximate surface area is 214 Å². The first kappa shape index (κ1) is 29.7. The van der Waals surface area contributed by atoms with Crippen LogP contribution in [0.1, 0.15) is 61.3 Å². The van der Waals surface area contributed by atoms with Crippen molar-refractivity contribution in [3.8, 4) is 5.75 Å². The van der Waals surface area contributed by atoms with Gasteiger partial charge < -0.3 is 36.4 Å². The predicted molar refractivity (Wildman–Crippen MR) is 142 cm³/mol. The molecule has 0 aromatic heterocycles. The van der Waals surface area contributed by atoms with Gasteiger partial charge in [0.05, 0.1) is 12.7 Å². The summed E-state index contributed by atoms with van der Waals surface area (Å²) in [7, 11) is 0. The molecule has 2 aromatic carbocycles. The Morgan fingerprint density at radius 1 is 1.00 bits per heavy atom. The van der Waals surface area contributed by atoms with Gasteiger partial charge in [0.15, 0.2) is 0 Å². The van der Waals surface area contributed by atoms with Crippen molar-refractivity contribution in [2.75, 3.05) is 32.8 Å². The molecule has 0 fully saturated rings. The number of aryl methyl sites for hydroxylation is 1. The SMILES string of the molecule is NCCNC(=O)C(CCCc1ccccc1)OCCCCCCNCC(O)c1ccc(O)c(CO)c1. The molecule has 2 unspecified atom stereocenters. The van der Waals surface area contributed by atoms with Crippen LogP contribution in [-0.2, 0) is 22.6 Å². The predicted octanol–water partition coefficient (Wildman–Crippen LogP) is 2.55. The van der Waals surface area contributed by atoms with E-state index in [1.54, 1.807) is 12.1 Å². The second-order valence-corrected chi connectivity index (χ2v) is 9.00. The topological polar surface area (TPSA) is 137 Å². The van der Waals surface area contributed by atoms with Crippen LogP contribution in [-0.4, -0.2) is 60.1 Å². The summed E-state index contributed by atoms with van der Waals surface area (Å²) in [5.74, 6) is -0.0592. The van der Waals surface area contributed by atoms with Crippen LogP contribution in [0.4, 0.5) is 0 Å². The molecule has 0 spiro atoms. The number of carbonyl (C=O) groups excluding carboxylic acids is 1. The summed E-state index contributed by atoms with van der Waals surface area (Å²) >= 11 is 0. The van der Waals surface area contributed by atoms with Gasteiger partial charge in [-0.05, 0) is 61.9 Å². The van der Waals surface area contributed by atoms with Gasteiger partial charge in [-0.2, -0.15) is 0 Å². The fourth-order valence-electron chi connectivity index (χ4n) is 3.96. The smallest absolute Gasteiger partial charge is 0.249 e. The number of unbranched alkanes of at least 4 members (excludes halogenated alkanes) is 3. The third kappa shape index (κ3) is 11.5. The molecule has 2 atom stereocenters. The molecule has 0 heterocycles. The zero-order valence-corrected chi connectivity index (χ0v) is 21.2. The summed E-state index contributed by atoms with van der Waals surface area (Å²) in [5, 5.41) is 35.3. The molecule has 0 saturated carbocycles. The highest BCUT2D eigenvalue weighted by Gasteiger charge is 2.18. The summed E-state index contributed by atoms with van der Waals surface area (Å²) < 4.78 is 5.94. The fraction of sp³-hybridized carbons (Fsp3) is 0.536. The first-order valence-corrected chi connectivity index (χ1v) is 13.0. The van der Waals surface area contributed by atoms with Crippen molar-refractivity contribution in [1.82, 2.24) is 10.6 Å². The maximum atomic E-state index is 12.4. The highest BCUT2D eigenvalue weighted by molar-refractivity contribution is 5.80. The van der Waals surface area contributed by atoms with Crippen LogP contribution in [0.25, 0.3) is 0 Å². The molecular formula is C28H43N3O5. The number of hydrogen-bond donors (Lipinski definition) is 6. The third-order valence-corrected chi connectivity index (χ3v) is 6.07. The molecular weight excluding hydrogens is 458 g/mol. The van der Waals surface area contributed by atoms with E-state index in [2.05, 4.69) is 22.8 Å². The van der Waals surface area contributed by atoms with Crippen molar-refractivity contribution in [2.24, 2.45) is 5.73 Å². The first-order valence-electron chi connectivity index (χ1n) is 13.0. The monoisotopic (exact) mass is 501 g/mol. The van der Waals surface area contributed by atoms with Crippen LogP contribution in [0.15, 0.2) is 48.5 Å². The van der Waals surface area contributed by atoms with Crippen molar-refractivity contribution in [1.29, 1.82) is 0 Å². The van der Waals surface area contributed by atoms with Gasteiger partial charge in [-0.3, -0.25) is 4.79 Å². The van der Waals surface area contributed by atoms with Crippen molar-refractivity contribution >= 4 is 5.91 Å². The zero-order valence-electron chi connectivity index (χ0n) is 21.2. The van der Waals surface area contributed by atoms with E-state index < -0.39 is 12.2 Å².